The standard InChI is InChI=1S/C27H42N2O6/c1-6-25(4)14-20(35-24(33)29-23(32)34-18-8-7-13-28-15-18)26(5)16(2)9-11-27(17(3)22(25)31)12-10-19(30)21(26)27/h6,16-18,20-22,28,31H,1,7-15H2,2-5H3,(H,29,32,33)/t16?,17-,18?,20+,21-,22-,25+,26+,27-/m0/s1. The Kier molecular flexibility index (Phi) is 7.10. The average molecular weight is 491 g/mol. The summed E-state index contributed by atoms with van der Waals surface area (Å²) in [5.74, 6) is -0.0887. The molecule has 0 spiro atoms. The molecule has 4 aliphatic rings. The molecule has 0 aromatic carbocycles. The molecule has 4 rings (SSSR count). The summed E-state index contributed by atoms with van der Waals surface area (Å²) in [7, 11) is 0. The fourth-order valence-corrected chi connectivity index (χ4v) is 7.84. The maximum Gasteiger partial charge on any atom is 0.416 e. The predicted molar refractivity (Wildman–Crippen MR) is 131 cm³/mol. The van der Waals surface area contributed by atoms with Crippen LogP contribution in [0.2, 0.25) is 0 Å². The maximum atomic E-state index is 13.4. The third-order valence-corrected chi connectivity index (χ3v) is 10.3. The summed E-state index contributed by atoms with van der Waals surface area (Å²) in [5.41, 5.74) is -1.69. The maximum absolute atomic E-state index is 13.4. The molecule has 1 aliphatic heterocycles. The van der Waals surface area contributed by atoms with Gasteiger partial charge < -0.3 is 19.9 Å². The Morgan fingerprint density at radius 2 is 1.89 bits per heavy atom. The summed E-state index contributed by atoms with van der Waals surface area (Å²) < 4.78 is 11.4. The van der Waals surface area contributed by atoms with Crippen molar-refractivity contribution in [1.29, 1.82) is 0 Å². The van der Waals surface area contributed by atoms with E-state index in [1.807, 2.05) is 6.92 Å². The van der Waals surface area contributed by atoms with Crippen LogP contribution in [0.1, 0.15) is 72.6 Å². The molecule has 4 fully saturated rings. The lowest BCUT2D eigenvalue weighted by Gasteiger charge is -2.61. The normalized spacial score (nSPS) is 45.5. The van der Waals surface area contributed by atoms with E-state index in [1.54, 1.807) is 6.08 Å². The van der Waals surface area contributed by atoms with Crippen LogP contribution >= 0.6 is 0 Å². The number of aliphatic hydroxyl groups excluding tert-OH is 1. The third-order valence-electron chi connectivity index (χ3n) is 10.3. The third kappa shape index (κ3) is 4.31. The number of carbonyl (C=O) groups is 3. The van der Waals surface area contributed by atoms with Gasteiger partial charge in [-0.2, -0.15) is 0 Å². The Labute approximate surface area is 208 Å². The molecule has 3 saturated carbocycles. The lowest BCUT2D eigenvalue weighted by Crippen LogP contribution is -2.63. The molecule has 3 N–H and O–H groups in total. The fraction of sp³-hybridized carbons (Fsp3) is 0.815. The zero-order valence-electron chi connectivity index (χ0n) is 21.6. The fourth-order valence-electron chi connectivity index (χ4n) is 7.84. The summed E-state index contributed by atoms with van der Waals surface area (Å²) in [6.07, 6.45) is 3.28. The smallest absolute Gasteiger partial charge is 0.416 e. The van der Waals surface area contributed by atoms with Gasteiger partial charge in [0.15, 0.2) is 0 Å². The van der Waals surface area contributed by atoms with E-state index in [4.69, 9.17) is 9.47 Å². The van der Waals surface area contributed by atoms with E-state index in [0.29, 0.717) is 19.4 Å². The minimum Gasteiger partial charge on any atom is -0.445 e. The Bertz CT molecular complexity index is 872. The highest BCUT2D eigenvalue weighted by Crippen LogP contribution is 2.67. The first-order chi connectivity index (χ1) is 16.5. The van der Waals surface area contributed by atoms with Gasteiger partial charge in [0.2, 0.25) is 0 Å². The van der Waals surface area contributed by atoms with Crippen LogP contribution in [-0.2, 0) is 14.3 Å². The number of carbonyl (C=O) groups excluding carboxylic acids is 3. The molecule has 1 saturated heterocycles. The molecular weight excluding hydrogens is 448 g/mol. The molecule has 8 heteroatoms. The number of nitrogens with one attached hydrogen (secondary N) is 2. The van der Waals surface area contributed by atoms with E-state index >= 15 is 0 Å². The second kappa shape index (κ2) is 9.51. The summed E-state index contributed by atoms with van der Waals surface area (Å²) in [4.78, 5) is 38.8. The highest BCUT2D eigenvalue weighted by molar-refractivity contribution is 5.88. The van der Waals surface area contributed by atoms with Crippen LogP contribution in [-0.4, -0.2) is 54.5 Å². The lowest BCUT2D eigenvalue weighted by atomic mass is 9.44. The highest BCUT2D eigenvalue weighted by Gasteiger charge is 2.68. The molecule has 3 aliphatic carbocycles. The number of hydrogen-bond donors (Lipinski definition) is 3. The molecule has 0 aromatic heterocycles. The van der Waals surface area contributed by atoms with Gasteiger partial charge in [-0.1, -0.05) is 33.8 Å². The Balaban J connectivity index is 1.62. The Morgan fingerprint density at radius 3 is 2.54 bits per heavy atom. The zero-order chi connectivity index (χ0) is 25.6. The van der Waals surface area contributed by atoms with Gasteiger partial charge >= 0.3 is 12.2 Å². The van der Waals surface area contributed by atoms with Crippen molar-refractivity contribution in [2.45, 2.75) is 91.0 Å². The molecular formula is C27H42N2O6. The average Bonchev–Trinajstić information content (AvgIpc) is 3.18. The Morgan fingerprint density at radius 1 is 1.17 bits per heavy atom. The van der Waals surface area contributed by atoms with E-state index in [9.17, 15) is 19.5 Å². The number of ketones is 1. The SMILES string of the molecule is C=C[C@]1(C)C[C@@H](OC(=O)NC(=O)OC2CCCNC2)[C@@]2(C)C(C)CC[C@]3(CCC(=O)[C@H]32)[C@@H](C)[C@@H]1O. The van der Waals surface area contributed by atoms with E-state index in [0.717, 1.165) is 38.6 Å². The summed E-state index contributed by atoms with van der Waals surface area (Å²) in [6, 6.07) is 0. The van der Waals surface area contributed by atoms with Crippen molar-refractivity contribution < 1.29 is 29.0 Å². The van der Waals surface area contributed by atoms with E-state index in [2.05, 4.69) is 38.0 Å². The monoisotopic (exact) mass is 490 g/mol. The number of piperidine rings is 1. The van der Waals surface area contributed by atoms with Crippen molar-refractivity contribution in [3.05, 3.63) is 12.7 Å². The topological polar surface area (TPSA) is 114 Å². The minimum absolute atomic E-state index is 0.0948. The van der Waals surface area contributed by atoms with Crippen molar-refractivity contribution in [1.82, 2.24) is 10.6 Å². The largest absolute Gasteiger partial charge is 0.445 e. The molecule has 35 heavy (non-hydrogen) atoms. The summed E-state index contributed by atoms with van der Waals surface area (Å²) >= 11 is 0. The second-order valence-corrected chi connectivity index (χ2v) is 12.0. The van der Waals surface area contributed by atoms with Gasteiger partial charge in [-0.15, -0.1) is 6.58 Å². The highest BCUT2D eigenvalue weighted by atomic mass is 16.6. The molecule has 1 heterocycles. The number of rotatable bonds is 3. The van der Waals surface area contributed by atoms with Crippen LogP contribution in [0.4, 0.5) is 9.59 Å². The van der Waals surface area contributed by atoms with Gasteiger partial charge in [-0.25, -0.2) is 14.9 Å². The molecule has 0 aromatic rings. The van der Waals surface area contributed by atoms with E-state index in [1.165, 1.54) is 0 Å². The summed E-state index contributed by atoms with van der Waals surface area (Å²) in [6.45, 7) is 13.7. The van der Waals surface area contributed by atoms with Crippen LogP contribution in [0.15, 0.2) is 12.7 Å². The number of Topliss-reactive ketones (excluding diaryl/α,β-unsaturated/α-hetero) is 1. The predicted octanol–water partition coefficient (Wildman–Crippen LogP) is 3.96. The van der Waals surface area contributed by atoms with Crippen molar-refractivity contribution in [2.75, 3.05) is 13.1 Å². The number of amides is 2. The van der Waals surface area contributed by atoms with Crippen LogP contribution in [0.25, 0.3) is 0 Å². The van der Waals surface area contributed by atoms with Crippen LogP contribution in [0, 0.1) is 34.0 Å². The molecule has 2 amide bonds. The van der Waals surface area contributed by atoms with Gasteiger partial charge in [0.25, 0.3) is 0 Å². The van der Waals surface area contributed by atoms with Crippen molar-refractivity contribution >= 4 is 18.0 Å². The first-order valence-corrected chi connectivity index (χ1v) is 13.2. The minimum atomic E-state index is -0.881. The molecule has 2 bridgehead atoms. The zero-order valence-corrected chi connectivity index (χ0v) is 21.6. The number of imide groups is 1. The van der Waals surface area contributed by atoms with E-state index in [-0.39, 0.29) is 35.1 Å². The van der Waals surface area contributed by atoms with Gasteiger partial charge in [-0.3, -0.25) is 4.79 Å². The van der Waals surface area contributed by atoms with Gasteiger partial charge in [0, 0.05) is 29.7 Å². The summed E-state index contributed by atoms with van der Waals surface area (Å²) in [5, 5.41) is 16.9. The van der Waals surface area contributed by atoms with Gasteiger partial charge in [0.05, 0.1) is 6.10 Å². The molecule has 2 unspecified atom stereocenters. The van der Waals surface area contributed by atoms with Gasteiger partial charge in [0.1, 0.15) is 18.0 Å². The van der Waals surface area contributed by atoms with E-state index < -0.39 is 35.2 Å². The van der Waals surface area contributed by atoms with Crippen molar-refractivity contribution in [3.8, 4) is 0 Å². The van der Waals surface area contributed by atoms with Crippen molar-refractivity contribution in [3.63, 3.8) is 0 Å². The molecule has 0 radical (unpaired) electrons. The quantitative estimate of drug-likeness (QED) is 0.513. The number of alkyl carbamates (subject to hydrolysis) is 2. The molecule has 8 nitrogen and oxygen atoms in total. The van der Waals surface area contributed by atoms with Crippen LogP contribution < -0.4 is 10.6 Å². The second-order valence-electron chi connectivity index (χ2n) is 12.0. The number of ether oxygens (including phenoxy) is 2. The van der Waals surface area contributed by atoms with Gasteiger partial charge in [-0.05, 0) is 62.3 Å². The van der Waals surface area contributed by atoms with Crippen LogP contribution in [0.5, 0.6) is 0 Å². The first kappa shape index (κ1) is 26.1. The molecule has 196 valence electrons. The van der Waals surface area contributed by atoms with Crippen molar-refractivity contribution in [2.24, 2.45) is 34.0 Å². The number of hydrogen-bond acceptors (Lipinski definition) is 7. The van der Waals surface area contributed by atoms with Crippen LogP contribution in [0.3, 0.4) is 0 Å². The first-order valence-electron chi connectivity index (χ1n) is 13.2. The number of aliphatic hydroxyl groups is 1. The lowest BCUT2D eigenvalue weighted by molar-refractivity contribution is -0.191. The Hall–Kier alpha value is -1.93. The molecule has 9 atom stereocenters.